The molecule has 4 heteroatoms. The van der Waals surface area contributed by atoms with Crippen molar-refractivity contribution in [1.29, 1.82) is 0 Å². The average molecular weight is 152 g/mol. The zero-order valence-electron chi connectivity index (χ0n) is 5.02. The number of thiazole rings is 1. The van der Waals surface area contributed by atoms with Gasteiger partial charge in [-0.1, -0.05) is 0 Å². The topological polar surface area (TPSA) is 38.9 Å². The third-order valence-electron chi connectivity index (χ3n) is 1.08. The van der Waals surface area contributed by atoms with Crippen molar-refractivity contribution < 1.29 is 4.42 Å². The minimum atomic E-state index is 0.801. The minimum absolute atomic E-state index is 0.801. The van der Waals surface area contributed by atoms with Gasteiger partial charge in [0.2, 0.25) is 0 Å². The third-order valence-corrected chi connectivity index (χ3v) is 1.88. The molecule has 0 saturated heterocycles. The van der Waals surface area contributed by atoms with Gasteiger partial charge < -0.3 is 4.42 Å². The lowest BCUT2D eigenvalue weighted by Gasteiger charge is -1.80. The first-order valence-electron chi connectivity index (χ1n) is 2.75. The fourth-order valence-corrected chi connectivity index (χ4v) is 1.26. The smallest absolute Gasteiger partial charge is 0.181 e. The van der Waals surface area contributed by atoms with E-state index in [9.17, 15) is 0 Å². The van der Waals surface area contributed by atoms with E-state index >= 15 is 0 Å². The number of hydrogen-bond donors (Lipinski definition) is 0. The van der Waals surface area contributed by atoms with Crippen LogP contribution in [0.1, 0.15) is 0 Å². The van der Waals surface area contributed by atoms with Crippen LogP contribution in [0.3, 0.4) is 0 Å². The molecule has 0 spiro atoms. The standard InChI is InChI=1S/C6H4N2OS/c1-2-10-6(7-1)5-3-9-4-8-5/h1-4H. The van der Waals surface area contributed by atoms with Crippen molar-refractivity contribution in [2.24, 2.45) is 0 Å². The van der Waals surface area contributed by atoms with Gasteiger partial charge in [0.1, 0.15) is 17.0 Å². The lowest BCUT2D eigenvalue weighted by atomic mass is 10.5. The molecule has 0 aliphatic carbocycles. The summed E-state index contributed by atoms with van der Waals surface area (Å²) >= 11 is 1.55. The highest BCUT2D eigenvalue weighted by molar-refractivity contribution is 7.13. The van der Waals surface area contributed by atoms with Crippen molar-refractivity contribution in [3.63, 3.8) is 0 Å². The van der Waals surface area contributed by atoms with Gasteiger partial charge in [-0.05, 0) is 0 Å². The van der Waals surface area contributed by atoms with Crippen molar-refractivity contribution in [2.75, 3.05) is 0 Å². The van der Waals surface area contributed by atoms with Gasteiger partial charge in [-0.3, -0.25) is 0 Å². The quantitative estimate of drug-likeness (QED) is 0.625. The molecule has 50 valence electrons. The van der Waals surface area contributed by atoms with Gasteiger partial charge in [0, 0.05) is 11.6 Å². The second-order valence-corrected chi connectivity index (χ2v) is 2.61. The van der Waals surface area contributed by atoms with E-state index in [0.29, 0.717) is 0 Å². The molecule has 0 amide bonds. The van der Waals surface area contributed by atoms with E-state index in [0.717, 1.165) is 10.7 Å². The molecule has 3 nitrogen and oxygen atoms in total. The maximum atomic E-state index is 4.79. The van der Waals surface area contributed by atoms with Gasteiger partial charge in [0.25, 0.3) is 0 Å². The van der Waals surface area contributed by atoms with Crippen molar-refractivity contribution in [3.8, 4) is 10.7 Å². The van der Waals surface area contributed by atoms with Crippen LogP contribution in [0, 0.1) is 0 Å². The largest absolute Gasteiger partial charge is 0.451 e. The summed E-state index contributed by atoms with van der Waals surface area (Å²) in [5.74, 6) is 0. The number of hydrogen-bond acceptors (Lipinski definition) is 4. The molecule has 0 aromatic carbocycles. The van der Waals surface area contributed by atoms with Crippen LogP contribution in [0.5, 0.6) is 0 Å². The molecule has 0 radical (unpaired) electrons. The van der Waals surface area contributed by atoms with Crippen LogP contribution in [-0.2, 0) is 0 Å². The van der Waals surface area contributed by atoms with Crippen LogP contribution in [0.15, 0.2) is 28.7 Å². The summed E-state index contributed by atoms with van der Waals surface area (Å²) in [6.07, 6.45) is 4.73. The zero-order chi connectivity index (χ0) is 6.81. The Bertz CT molecular complexity index is 255. The highest BCUT2D eigenvalue weighted by Crippen LogP contribution is 2.18. The van der Waals surface area contributed by atoms with Gasteiger partial charge >= 0.3 is 0 Å². The normalized spacial score (nSPS) is 10.0. The first-order valence-corrected chi connectivity index (χ1v) is 3.63. The van der Waals surface area contributed by atoms with E-state index in [4.69, 9.17) is 4.42 Å². The fourth-order valence-electron chi connectivity index (χ4n) is 0.668. The molecular weight excluding hydrogens is 148 g/mol. The summed E-state index contributed by atoms with van der Waals surface area (Å²) in [5.41, 5.74) is 0.801. The SMILES string of the molecule is c1csc(-c2cocn2)n1. The zero-order valence-corrected chi connectivity index (χ0v) is 5.84. The van der Waals surface area contributed by atoms with Crippen molar-refractivity contribution in [3.05, 3.63) is 24.2 Å². The van der Waals surface area contributed by atoms with Gasteiger partial charge in [0.15, 0.2) is 6.39 Å². The molecular formula is C6H4N2OS. The Kier molecular flexibility index (Phi) is 1.25. The summed E-state index contributed by atoms with van der Waals surface area (Å²) in [6.45, 7) is 0. The van der Waals surface area contributed by atoms with Crippen LogP contribution < -0.4 is 0 Å². The van der Waals surface area contributed by atoms with Gasteiger partial charge in [-0.2, -0.15) is 0 Å². The van der Waals surface area contributed by atoms with Crippen LogP contribution in [-0.4, -0.2) is 9.97 Å². The maximum Gasteiger partial charge on any atom is 0.181 e. The Morgan fingerprint density at radius 3 is 3.00 bits per heavy atom. The highest BCUT2D eigenvalue weighted by Gasteiger charge is 2.00. The molecule has 0 unspecified atom stereocenters. The maximum absolute atomic E-state index is 4.79. The predicted molar refractivity (Wildman–Crippen MR) is 37.6 cm³/mol. The predicted octanol–water partition coefficient (Wildman–Crippen LogP) is 1.80. The van der Waals surface area contributed by atoms with Crippen LogP contribution in [0.25, 0.3) is 10.7 Å². The van der Waals surface area contributed by atoms with Crippen LogP contribution in [0.4, 0.5) is 0 Å². The minimum Gasteiger partial charge on any atom is -0.451 e. The molecule has 0 aliphatic heterocycles. The number of nitrogens with zero attached hydrogens (tertiary/aromatic N) is 2. The van der Waals surface area contributed by atoms with E-state index in [1.54, 1.807) is 23.8 Å². The van der Waals surface area contributed by atoms with E-state index in [2.05, 4.69) is 9.97 Å². The molecule has 2 aromatic heterocycles. The van der Waals surface area contributed by atoms with Crippen molar-refractivity contribution in [2.45, 2.75) is 0 Å². The molecule has 0 N–H and O–H groups in total. The first-order chi connectivity index (χ1) is 4.97. The van der Waals surface area contributed by atoms with E-state index in [1.807, 2.05) is 5.38 Å². The second-order valence-electron chi connectivity index (χ2n) is 1.71. The molecule has 0 atom stereocenters. The summed E-state index contributed by atoms with van der Waals surface area (Å²) < 4.78 is 4.79. The molecule has 0 aliphatic rings. The first kappa shape index (κ1) is 5.61. The van der Waals surface area contributed by atoms with E-state index < -0.39 is 0 Å². The Labute approximate surface area is 61.4 Å². The van der Waals surface area contributed by atoms with Crippen molar-refractivity contribution in [1.82, 2.24) is 9.97 Å². The Morgan fingerprint density at radius 1 is 1.40 bits per heavy atom. The van der Waals surface area contributed by atoms with Gasteiger partial charge in [-0.15, -0.1) is 11.3 Å². The Morgan fingerprint density at radius 2 is 2.40 bits per heavy atom. The molecule has 2 heterocycles. The summed E-state index contributed by atoms with van der Waals surface area (Å²) in [5, 5.41) is 2.80. The molecule has 0 saturated carbocycles. The van der Waals surface area contributed by atoms with E-state index in [-0.39, 0.29) is 0 Å². The molecule has 2 rings (SSSR count). The third kappa shape index (κ3) is 0.823. The summed E-state index contributed by atoms with van der Waals surface area (Å²) in [6, 6.07) is 0. The van der Waals surface area contributed by atoms with Gasteiger partial charge in [-0.25, -0.2) is 9.97 Å². The van der Waals surface area contributed by atoms with Crippen LogP contribution in [0.2, 0.25) is 0 Å². The molecule has 0 bridgehead atoms. The molecule has 2 aromatic rings. The molecule has 0 fully saturated rings. The molecule has 10 heavy (non-hydrogen) atoms. The summed E-state index contributed by atoms with van der Waals surface area (Å²) in [4.78, 5) is 7.99. The van der Waals surface area contributed by atoms with E-state index in [1.165, 1.54) is 6.39 Å². The number of rotatable bonds is 1. The Balaban J connectivity index is 2.48. The Hall–Kier alpha value is -1.16. The van der Waals surface area contributed by atoms with Crippen molar-refractivity contribution >= 4 is 11.3 Å². The lowest BCUT2D eigenvalue weighted by Crippen LogP contribution is -1.70. The van der Waals surface area contributed by atoms with Crippen LogP contribution >= 0.6 is 11.3 Å². The fraction of sp³-hybridized carbons (Fsp3) is 0. The highest BCUT2D eigenvalue weighted by atomic mass is 32.1. The number of oxazole rings is 1. The monoisotopic (exact) mass is 152 g/mol. The second kappa shape index (κ2) is 2.22. The average Bonchev–Trinajstić information content (AvgIpc) is 2.59. The van der Waals surface area contributed by atoms with Gasteiger partial charge in [0.05, 0.1) is 0 Å². The summed E-state index contributed by atoms with van der Waals surface area (Å²) in [7, 11) is 0. The number of aromatic nitrogens is 2. The lowest BCUT2D eigenvalue weighted by molar-refractivity contribution is 0.558.